The summed E-state index contributed by atoms with van der Waals surface area (Å²) in [5.41, 5.74) is 1.45. The minimum Gasteiger partial charge on any atom is -0.463 e. The molecule has 3 aromatic heterocycles. The van der Waals surface area contributed by atoms with Crippen molar-refractivity contribution < 1.29 is 13.9 Å². The number of hydrogen-bond donors (Lipinski definition) is 0. The van der Waals surface area contributed by atoms with E-state index in [0.29, 0.717) is 26.4 Å². The highest BCUT2D eigenvalue weighted by molar-refractivity contribution is 7.10. The van der Waals surface area contributed by atoms with E-state index in [9.17, 15) is 9.59 Å². The number of benzene rings is 1. The first-order valence-electron chi connectivity index (χ1n) is 10.4. The van der Waals surface area contributed by atoms with E-state index < -0.39 is 12.0 Å². The van der Waals surface area contributed by atoms with E-state index in [0.717, 1.165) is 16.2 Å². The maximum absolute atomic E-state index is 13.6. The lowest BCUT2D eigenvalue weighted by Gasteiger charge is -2.24. The van der Waals surface area contributed by atoms with Gasteiger partial charge in [-0.2, -0.15) is 0 Å². The van der Waals surface area contributed by atoms with Crippen molar-refractivity contribution in [3.05, 3.63) is 107 Å². The largest absolute Gasteiger partial charge is 0.463 e. The molecule has 0 N–H and O–H groups in total. The SMILES string of the molecule is CCOC(=O)C1=C(c2ccccc2)N=c2sc(=Cc3ccc(C)o3)c(=O)n2C1c1cccs1. The average Bonchev–Trinajstić information content (AvgIpc) is 3.55. The second-order valence-corrected chi connectivity index (χ2v) is 9.38. The number of nitrogens with zero attached hydrogens (tertiary/aromatic N) is 2. The summed E-state index contributed by atoms with van der Waals surface area (Å²) in [7, 11) is 0. The number of thiophene rings is 1. The van der Waals surface area contributed by atoms with E-state index in [-0.39, 0.29) is 12.2 Å². The number of thiazole rings is 1. The van der Waals surface area contributed by atoms with Crippen molar-refractivity contribution >= 4 is 40.4 Å². The molecule has 166 valence electrons. The minimum atomic E-state index is -0.629. The van der Waals surface area contributed by atoms with Crippen molar-refractivity contribution in [2.75, 3.05) is 6.61 Å². The summed E-state index contributed by atoms with van der Waals surface area (Å²) >= 11 is 2.77. The molecule has 1 aromatic carbocycles. The number of ether oxygens (including phenoxy) is 1. The molecular weight excluding hydrogens is 456 g/mol. The molecule has 0 fully saturated rings. The van der Waals surface area contributed by atoms with E-state index >= 15 is 0 Å². The zero-order valence-corrected chi connectivity index (χ0v) is 19.6. The van der Waals surface area contributed by atoms with Crippen molar-refractivity contribution in [1.82, 2.24) is 4.57 Å². The zero-order chi connectivity index (χ0) is 22.9. The topological polar surface area (TPSA) is 73.8 Å². The highest BCUT2D eigenvalue weighted by atomic mass is 32.1. The number of fused-ring (bicyclic) bond motifs is 1. The van der Waals surface area contributed by atoms with Gasteiger partial charge in [-0.05, 0) is 37.4 Å². The Kier molecular flexibility index (Phi) is 5.70. The second kappa shape index (κ2) is 8.80. The fourth-order valence-electron chi connectivity index (χ4n) is 3.82. The molecule has 0 bridgehead atoms. The molecule has 0 saturated carbocycles. The van der Waals surface area contributed by atoms with Crippen LogP contribution in [0.3, 0.4) is 0 Å². The standard InChI is InChI=1S/C25H20N2O4S2/c1-3-30-24(29)20-21(16-8-5-4-6-9-16)26-25-27(22(20)18-10-7-13-32-18)23(28)19(33-25)14-17-12-11-15(2)31-17/h4-14,22H,3H2,1-2H3. The third kappa shape index (κ3) is 3.92. The molecule has 5 rings (SSSR count). The van der Waals surface area contributed by atoms with Crippen LogP contribution in [0.4, 0.5) is 0 Å². The van der Waals surface area contributed by atoms with Gasteiger partial charge in [0.15, 0.2) is 4.80 Å². The smallest absolute Gasteiger partial charge is 0.338 e. The van der Waals surface area contributed by atoms with Gasteiger partial charge >= 0.3 is 5.97 Å². The molecule has 0 amide bonds. The van der Waals surface area contributed by atoms with Crippen LogP contribution in [-0.4, -0.2) is 17.1 Å². The molecule has 0 saturated heterocycles. The second-order valence-electron chi connectivity index (χ2n) is 7.40. The number of furan rings is 1. The van der Waals surface area contributed by atoms with Gasteiger partial charge in [-0.25, -0.2) is 9.79 Å². The Morgan fingerprint density at radius 3 is 2.67 bits per heavy atom. The minimum absolute atomic E-state index is 0.222. The number of hydrogen-bond acceptors (Lipinski definition) is 7. The Bertz CT molecular complexity index is 1520. The Hall–Kier alpha value is -3.49. The Morgan fingerprint density at radius 2 is 2.00 bits per heavy atom. The number of rotatable bonds is 5. The molecule has 8 heteroatoms. The molecule has 0 spiro atoms. The highest BCUT2D eigenvalue weighted by Crippen LogP contribution is 2.36. The van der Waals surface area contributed by atoms with E-state index in [1.165, 1.54) is 22.7 Å². The van der Waals surface area contributed by atoms with E-state index in [2.05, 4.69) is 0 Å². The Morgan fingerprint density at radius 1 is 1.18 bits per heavy atom. The zero-order valence-electron chi connectivity index (χ0n) is 18.0. The summed E-state index contributed by atoms with van der Waals surface area (Å²) in [4.78, 5) is 33.0. The molecule has 4 aromatic rings. The van der Waals surface area contributed by atoms with Crippen molar-refractivity contribution in [3.63, 3.8) is 0 Å². The van der Waals surface area contributed by atoms with Crippen LogP contribution in [-0.2, 0) is 9.53 Å². The number of esters is 1. The molecule has 1 aliphatic heterocycles. The van der Waals surface area contributed by atoms with Crippen LogP contribution in [0.15, 0.2) is 79.8 Å². The van der Waals surface area contributed by atoms with Crippen LogP contribution in [0.2, 0.25) is 0 Å². The molecule has 0 aliphatic carbocycles. The summed E-state index contributed by atoms with van der Waals surface area (Å²) in [6.07, 6.45) is 1.72. The first kappa shape index (κ1) is 21.4. The number of aromatic nitrogens is 1. The predicted molar refractivity (Wildman–Crippen MR) is 129 cm³/mol. The maximum atomic E-state index is 13.6. The molecule has 1 aliphatic rings. The quantitative estimate of drug-likeness (QED) is 0.410. The lowest BCUT2D eigenvalue weighted by molar-refractivity contribution is -0.138. The van der Waals surface area contributed by atoms with Crippen LogP contribution in [0.25, 0.3) is 11.8 Å². The van der Waals surface area contributed by atoms with Crippen molar-refractivity contribution in [1.29, 1.82) is 0 Å². The third-order valence-corrected chi connectivity index (χ3v) is 7.13. The molecule has 4 heterocycles. The van der Waals surface area contributed by atoms with Crippen LogP contribution in [0.5, 0.6) is 0 Å². The average molecular weight is 477 g/mol. The first-order valence-corrected chi connectivity index (χ1v) is 12.1. The number of carbonyl (C=O) groups is 1. The normalized spacial score (nSPS) is 15.9. The fourth-order valence-corrected chi connectivity index (χ4v) is 5.62. The van der Waals surface area contributed by atoms with Crippen LogP contribution in [0.1, 0.15) is 34.9 Å². The van der Waals surface area contributed by atoms with E-state index in [1.807, 2.05) is 66.9 Å². The number of carbonyl (C=O) groups excluding carboxylic acids is 1. The first-order chi connectivity index (χ1) is 16.1. The van der Waals surface area contributed by atoms with Gasteiger partial charge in [0.2, 0.25) is 0 Å². The van der Waals surface area contributed by atoms with Gasteiger partial charge in [0.1, 0.15) is 17.6 Å². The van der Waals surface area contributed by atoms with Gasteiger partial charge in [-0.1, -0.05) is 47.7 Å². The van der Waals surface area contributed by atoms with Crippen molar-refractivity contribution in [2.45, 2.75) is 19.9 Å². The predicted octanol–water partition coefficient (Wildman–Crippen LogP) is 3.90. The van der Waals surface area contributed by atoms with Crippen LogP contribution < -0.4 is 14.9 Å². The fraction of sp³-hybridized carbons (Fsp3) is 0.160. The molecule has 6 nitrogen and oxygen atoms in total. The van der Waals surface area contributed by atoms with E-state index in [4.69, 9.17) is 14.1 Å². The van der Waals surface area contributed by atoms with Crippen molar-refractivity contribution in [3.8, 4) is 0 Å². The van der Waals surface area contributed by atoms with Crippen LogP contribution >= 0.6 is 22.7 Å². The Labute approximate surface area is 197 Å². The van der Waals surface area contributed by atoms with Crippen LogP contribution in [0, 0.1) is 6.92 Å². The van der Waals surface area contributed by atoms with Gasteiger partial charge in [0.05, 0.1) is 22.4 Å². The van der Waals surface area contributed by atoms with Gasteiger partial charge in [0, 0.05) is 16.5 Å². The molecule has 0 radical (unpaired) electrons. The van der Waals surface area contributed by atoms with Gasteiger partial charge in [-0.15, -0.1) is 11.3 Å². The summed E-state index contributed by atoms with van der Waals surface area (Å²) in [6.45, 7) is 3.85. The lowest BCUT2D eigenvalue weighted by atomic mass is 9.97. The number of aryl methyl sites for hydroxylation is 1. The molecule has 1 unspecified atom stereocenters. The van der Waals surface area contributed by atoms with Crippen molar-refractivity contribution in [2.24, 2.45) is 4.99 Å². The monoisotopic (exact) mass is 476 g/mol. The molecular formula is C25H20N2O4S2. The van der Waals surface area contributed by atoms with Gasteiger partial charge in [-0.3, -0.25) is 9.36 Å². The molecule has 33 heavy (non-hydrogen) atoms. The third-order valence-electron chi connectivity index (χ3n) is 5.22. The summed E-state index contributed by atoms with van der Waals surface area (Å²) in [5, 5.41) is 1.93. The Balaban J connectivity index is 1.82. The van der Waals surface area contributed by atoms with Gasteiger partial charge < -0.3 is 9.15 Å². The van der Waals surface area contributed by atoms with E-state index in [1.54, 1.807) is 17.6 Å². The molecule has 1 atom stereocenters. The summed E-state index contributed by atoms with van der Waals surface area (Å²) in [5.74, 6) is 0.884. The summed E-state index contributed by atoms with van der Waals surface area (Å²) in [6, 6.07) is 16.4. The maximum Gasteiger partial charge on any atom is 0.338 e. The summed E-state index contributed by atoms with van der Waals surface area (Å²) < 4.78 is 13.2. The lowest BCUT2D eigenvalue weighted by Crippen LogP contribution is -2.39. The van der Waals surface area contributed by atoms with Gasteiger partial charge in [0.25, 0.3) is 5.56 Å². The highest BCUT2D eigenvalue weighted by Gasteiger charge is 2.35.